The van der Waals surface area contributed by atoms with Gasteiger partial charge in [0.1, 0.15) is 11.4 Å². The molecule has 0 aliphatic rings. The van der Waals surface area contributed by atoms with Gasteiger partial charge in [-0.05, 0) is 20.3 Å². The Labute approximate surface area is 97.2 Å². The second-order valence-corrected chi connectivity index (χ2v) is 6.10. The summed E-state index contributed by atoms with van der Waals surface area (Å²) < 4.78 is 31.9. The van der Waals surface area contributed by atoms with E-state index in [1.807, 2.05) is 6.92 Å². The second-order valence-electron chi connectivity index (χ2n) is 4.36. The molecule has 0 aliphatic heterocycles. The maximum atomic E-state index is 11.5. The lowest BCUT2D eigenvalue weighted by molar-refractivity contribution is -0.159. The number of esters is 1. The minimum absolute atomic E-state index is 0.232. The molecule has 0 amide bonds. The molecule has 0 saturated heterocycles. The fourth-order valence-electron chi connectivity index (χ4n) is 1.05. The average molecular weight is 252 g/mol. The molecule has 0 radical (unpaired) electrons. The molecule has 6 heteroatoms. The number of hydrogen-bond donors (Lipinski definition) is 0. The molecule has 5 nitrogen and oxygen atoms in total. The number of hydrogen-bond acceptors (Lipinski definition) is 5. The Kier molecular flexibility index (Phi) is 5.41. The number of ether oxygens (including phenoxy) is 1. The zero-order valence-electron chi connectivity index (χ0n) is 10.4. The summed E-state index contributed by atoms with van der Waals surface area (Å²) in [5, 5.41) is 0. The summed E-state index contributed by atoms with van der Waals surface area (Å²) in [5.41, 5.74) is -1.07. The lowest BCUT2D eigenvalue weighted by Crippen LogP contribution is -2.37. The van der Waals surface area contributed by atoms with Crippen molar-refractivity contribution >= 4 is 16.1 Å². The van der Waals surface area contributed by atoms with Crippen LogP contribution in [0.25, 0.3) is 0 Å². The zero-order chi connectivity index (χ0) is 13.0. The maximum absolute atomic E-state index is 11.5. The van der Waals surface area contributed by atoms with Crippen molar-refractivity contribution in [2.75, 3.05) is 12.9 Å². The van der Waals surface area contributed by atoms with E-state index in [-0.39, 0.29) is 17.6 Å². The van der Waals surface area contributed by atoms with Crippen LogP contribution in [0.3, 0.4) is 0 Å². The third-order valence-corrected chi connectivity index (χ3v) is 3.73. The standard InChI is InChI=1S/C10H20O5S/c1-6-8(2)9(11)15-10(3,4)7-16(12,13)14-5/h8H,6-7H2,1-5H3. The normalized spacial score (nSPS) is 14.6. The third kappa shape index (κ3) is 5.46. The van der Waals surface area contributed by atoms with Crippen molar-refractivity contribution in [1.82, 2.24) is 0 Å². The summed E-state index contributed by atoms with van der Waals surface area (Å²) in [4.78, 5) is 11.5. The molecule has 16 heavy (non-hydrogen) atoms. The Morgan fingerprint density at radius 2 is 1.88 bits per heavy atom. The van der Waals surface area contributed by atoms with E-state index in [0.29, 0.717) is 6.42 Å². The number of carbonyl (C=O) groups is 1. The largest absolute Gasteiger partial charge is 0.458 e. The van der Waals surface area contributed by atoms with Gasteiger partial charge in [-0.15, -0.1) is 0 Å². The highest BCUT2D eigenvalue weighted by atomic mass is 32.2. The lowest BCUT2D eigenvalue weighted by atomic mass is 10.1. The third-order valence-electron chi connectivity index (χ3n) is 2.17. The van der Waals surface area contributed by atoms with Crippen molar-refractivity contribution in [2.45, 2.75) is 39.7 Å². The molecule has 0 aromatic carbocycles. The van der Waals surface area contributed by atoms with Gasteiger partial charge in [-0.25, -0.2) is 0 Å². The quantitative estimate of drug-likeness (QED) is 0.527. The van der Waals surface area contributed by atoms with Crippen LogP contribution in [0.2, 0.25) is 0 Å². The lowest BCUT2D eigenvalue weighted by Gasteiger charge is -2.25. The molecule has 1 unspecified atom stereocenters. The van der Waals surface area contributed by atoms with Crippen LogP contribution in [0.5, 0.6) is 0 Å². The summed E-state index contributed by atoms with van der Waals surface area (Å²) in [6.07, 6.45) is 0.659. The first-order valence-corrected chi connectivity index (χ1v) is 6.72. The molecule has 0 aromatic heterocycles. The summed E-state index contributed by atoms with van der Waals surface area (Å²) in [5.74, 6) is -0.970. The van der Waals surface area contributed by atoms with E-state index in [9.17, 15) is 13.2 Å². The van der Waals surface area contributed by atoms with Crippen molar-refractivity contribution in [3.8, 4) is 0 Å². The summed E-state index contributed by atoms with van der Waals surface area (Å²) in [6.45, 7) is 6.70. The molecule has 0 rings (SSSR count). The Hall–Kier alpha value is -0.620. The molecule has 0 heterocycles. The van der Waals surface area contributed by atoms with E-state index >= 15 is 0 Å². The molecule has 0 spiro atoms. The first-order valence-electron chi connectivity index (χ1n) is 5.14. The smallest absolute Gasteiger partial charge is 0.309 e. The number of rotatable bonds is 6. The minimum Gasteiger partial charge on any atom is -0.458 e. The number of carbonyl (C=O) groups excluding carboxylic acids is 1. The molecule has 96 valence electrons. The Bertz CT molecular complexity index is 331. The van der Waals surface area contributed by atoms with E-state index in [4.69, 9.17) is 4.74 Å². The van der Waals surface area contributed by atoms with Gasteiger partial charge in [0, 0.05) is 0 Å². The highest BCUT2D eigenvalue weighted by Crippen LogP contribution is 2.17. The minimum atomic E-state index is -3.63. The highest BCUT2D eigenvalue weighted by Gasteiger charge is 2.31. The van der Waals surface area contributed by atoms with E-state index in [1.165, 1.54) is 0 Å². The van der Waals surface area contributed by atoms with Gasteiger partial charge in [0.2, 0.25) is 0 Å². The van der Waals surface area contributed by atoms with Gasteiger partial charge in [0.15, 0.2) is 0 Å². The van der Waals surface area contributed by atoms with Crippen molar-refractivity contribution < 1.29 is 22.1 Å². The van der Waals surface area contributed by atoms with Gasteiger partial charge >= 0.3 is 5.97 Å². The van der Waals surface area contributed by atoms with Gasteiger partial charge in [-0.2, -0.15) is 8.42 Å². The summed E-state index contributed by atoms with van der Waals surface area (Å²) >= 11 is 0. The SMILES string of the molecule is CCC(C)C(=O)OC(C)(C)CS(=O)(=O)OC. The molecule has 0 aromatic rings. The van der Waals surface area contributed by atoms with Crippen molar-refractivity contribution in [3.05, 3.63) is 0 Å². The van der Waals surface area contributed by atoms with Crippen LogP contribution in [0.4, 0.5) is 0 Å². The molecule has 1 atom stereocenters. The molecule has 0 fully saturated rings. The first kappa shape index (κ1) is 15.4. The predicted molar refractivity (Wildman–Crippen MR) is 60.4 cm³/mol. The molecule has 0 N–H and O–H groups in total. The summed E-state index contributed by atoms with van der Waals surface area (Å²) in [6, 6.07) is 0. The fourth-order valence-corrected chi connectivity index (χ4v) is 2.08. The predicted octanol–water partition coefficient (Wildman–Crippen LogP) is 1.33. The fraction of sp³-hybridized carbons (Fsp3) is 0.900. The zero-order valence-corrected chi connectivity index (χ0v) is 11.3. The molecule has 0 aliphatic carbocycles. The van der Waals surface area contributed by atoms with Gasteiger partial charge in [-0.1, -0.05) is 13.8 Å². The van der Waals surface area contributed by atoms with E-state index < -0.39 is 15.7 Å². The molecule has 0 bridgehead atoms. The van der Waals surface area contributed by atoms with Crippen LogP contribution < -0.4 is 0 Å². The van der Waals surface area contributed by atoms with Gasteiger partial charge < -0.3 is 4.74 Å². The molecular weight excluding hydrogens is 232 g/mol. The maximum Gasteiger partial charge on any atom is 0.309 e. The summed E-state index contributed by atoms with van der Waals surface area (Å²) in [7, 11) is -2.55. The van der Waals surface area contributed by atoms with Gasteiger partial charge in [0.05, 0.1) is 13.0 Å². The Morgan fingerprint density at radius 1 is 1.38 bits per heavy atom. The van der Waals surface area contributed by atoms with Crippen LogP contribution in [0.1, 0.15) is 34.1 Å². The van der Waals surface area contributed by atoms with Crippen LogP contribution in [-0.4, -0.2) is 32.9 Å². The van der Waals surface area contributed by atoms with Crippen molar-refractivity contribution in [3.63, 3.8) is 0 Å². The Morgan fingerprint density at radius 3 is 2.25 bits per heavy atom. The van der Waals surface area contributed by atoms with E-state index in [1.54, 1.807) is 20.8 Å². The molecule has 0 saturated carbocycles. The van der Waals surface area contributed by atoms with Crippen LogP contribution >= 0.6 is 0 Å². The van der Waals surface area contributed by atoms with Gasteiger partial charge in [0.25, 0.3) is 10.1 Å². The average Bonchev–Trinajstić information content (AvgIpc) is 2.14. The van der Waals surface area contributed by atoms with Crippen LogP contribution in [0.15, 0.2) is 0 Å². The topological polar surface area (TPSA) is 69.7 Å². The highest BCUT2D eigenvalue weighted by molar-refractivity contribution is 7.86. The van der Waals surface area contributed by atoms with E-state index in [0.717, 1.165) is 7.11 Å². The Balaban J connectivity index is 4.53. The van der Waals surface area contributed by atoms with Crippen molar-refractivity contribution in [2.24, 2.45) is 5.92 Å². The van der Waals surface area contributed by atoms with Crippen LogP contribution in [0, 0.1) is 5.92 Å². The first-order chi connectivity index (χ1) is 7.13. The van der Waals surface area contributed by atoms with Crippen molar-refractivity contribution in [1.29, 1.82) is 0 Å². The molecular formula is C10H20O5S. The second kappa shape index (κ2) is 5.63. The van der Waals surface area contributed by atoms with Crippen LogP contribution in [-0.2, 0) is 23.8 Å². The monoisotopic (exact) mass is 252 g/mol. The van der Waals surface area contributed by atoms with E-state index in [2.05, 4.69) is 4.18 Å². The van der Waals surface area contributed by atoms with Gasteiger partial charge in [-0.3, -0.25) is 8.98 Å².